The highest BCUT2D eigenvalue weighted by Crippen LogP contribution is 2.24. The van der Waals surface area contributed by atoms with Crippen molar-refractivity contribution < 1.29 is 4.74 Å². The van der Waals surface area contributed by atoms with E-state index in [-0.39, 0.29) is 0 Å². The Morgan fingerprint density at radius 2 is 2.18 bits per heavy atom. The fourth-order valence-electron chi connectivity index (χ4n) is 2.95. The van der Waals surface area contributed by atoms with Crippen LogP contribution >= 0.6 is 0 Å². The van der Waals surface area contributed by atoms with Crippen LogP contribution in [0.25, 0.3) is 10.9 Å². The normalized spacial score (nSPS) is 22.2. The summed E-state index contributed by atoms with van der Waals surface area (Å²) in [6, 6.07) is 2.40. The first-order valence-corrected chi connectivity index (χ1v) is 7.82. The lowest BCUT2D eigenvalue weighted by Crippen LogP contribution is -2.37. The standard InChI is InChI=1S/C15H20N6O/c1-3-16-9-11(1)18-14-12-2-4-17-10-13(12)19-15(20-14)21-5-7-22-8-6-21/h2,4,10-11,16H,1,3,5-9H2,(H,18,19,20). The molecule has 0 saturated carbocycles. The molecule has 1 unspecified atom stereocenters. The Morgan fingerprint density at radius 1 is 1.27 bits per heavy atom. The number of nitrogens with zero attached hydrogens (tertiary/aromatic N) is 4. The van der Waals surface area contributed by atoms with Crippen LogP contribution in [-0.2, 0) is 4.74 Å². The first kappa shape index (κ1) is 13.7. The molecule has 116 valence electrons. The van der Waals surface area contributed by atoms with Gasteiger partial charge in [0, 0.05) is 37.3 Å². The lowest BCUT2D eigenvalue weighted by atomic mass is 10.2. The van der Waals surface area contributed by atoms with Crippen molar-refractivity contribution in [3.05, 3.63) is 18.5 Å². The summed E-state index contributed by atoms with van der Waals surface area (Å²) in [5.74, 6) is 1.67. The molecule has 0 bridgehead atoms. The van der Waals surface area contributed by atoms with Crippen LogP contribution in [0.5, 0.6) is 0 Å². The molecule has 7 nitrogen and oxygen atoms in total. The Morgan fingerprint density at radius 3 is 3.00 bits per heavy atom. The maximum Gasteiger partial charge on any atom is 0.228 e. The molecule has 2 aliphatic heterocycles. The molecule has 2 aromatic heterocycles. The summed E-state index contributed by atoms with van der Waals surface area (Å²) in [6.45, 7) is 5.14. The number of anilines is 2. The van der Waals surface area contributed by atoms with Gasteiger partial charge in [-0.3, -0.25) is 4.98 Å². The number of nitrogens with one attached hydrogen (secondary N) is 2. The van der Waals surface area contributed by atoms with Gasteiger partial charge >= 0.3 is 0 Å². The molecule has 2 aromatic rings. The number of aromatic nitrogens is 3. The van der Waals surface area contributed by atoms with Gasteiger partial charge in [0.25, 0.3) is 0 Å². The van der Waals surface area contributed by atoms with Crippen LogP contribution in [0.3, 0.4) is 0 Å². The average molecular weight is 300 g/mol. The Bertz CT molecular complexity index is 652. The van der Waals surface area contributed by atoms with Crippen LogP contribution in [0.4, 0.5) is 11.8 Å². The molecule has 0 amide bonds. The Labute approximate surface area is 129 Å². The number of hydrogen-bond acceptors (Lipinski definition) is 7. The van der Waals surface area contributed by atoms with E-state index in [2.05, 4.69) is 25.5 Å². The van der Waals surface area contributed by atoms with Crippen LogP contribution in [0.15, 0.2) is 18.5 Å². The number of hydrogen-bond donors (Lipinski definition) is 2. The third-order valence-electron chi connectivity index (χ3n) is 4.18. The van der Waals surface area contributed by atoms with E-state index in [0.29, 0.717) is 6.04 Å². The van der Waals surface area contributed by atoms with Gasteiger partial charge in [0.2, 0.25) is 5.95 Å². The predicted octanol–water partition coefficient (Wildman–Crippen LogP) is 0.635. The molecule has 0 aromatic carbocycles. The van der Waals surface area contributed by atoms with Crippen LogP contribution in [0.1, 0.15) is 6.42 Å². The van der Waals surface area contributed by atoms with Crippen molar-refractivity contribution in [1.29, 1.82) is 0 Å². The Balaban J connectivity index is 1.71. The van der Waals surface area contributed by atoms with Crippen molar-refractivity contribution >= 4 is 22.7 Å². The number of fused-ring (bicyclic) bond motifs is 1. The largest absolute Gasteiger partial charge is 0.378 e. The van der Waals surface area contributed by atoms with Gasteiger partial charge in [-0.15, -0.1) is 0 Å². The van der Waals surface area contributed by atoms with Gasteiger partial charge in [0.15, 0.2) is 0 Å². The SMILES string of the molecule is c1cc2c(NC3CCNC3)nc(N3CCOCC3)nc2cn1. The molecule has 2 N–H and O–H groups in total. The molecular weight excluding hydrogens is 280 g/mol. The summed E-state index contributed by atoms with van der Waals surface area (Å²) >= 11 is 0. The quantitative estimate of drug-likeness (QED) is 0.861. The van der Waals surface area contributed by atoms with Crippen LogP contribution in [0.2, 0.25) is 0 Å². The average Bonchev–Trinajstić information content (AvgIpc) is 3.09. The second-order valence-corrected chi connectivity index (χ2v) is 5.70. The molecule has 4 rings (SSSR count). The maximum atomic E-state index is 5.41. The van der Waals surface area contributed by atoms with Crippen molar-refractivity contribution in [2.24, 2.45) is 0 Å². The van der Waals surface area contributed by atoms with Crippen molar-refractivity contribution in [3.8, 4) is 0 Å². The Kier molecular flexibility index (Phi) is 3.74. The van der Waals surface area contributed by atoms with Crippen LogP contribution < -0.4 is 15.5 Å². The number of rotatable bonds is 3. The Hall–Kier alpha value is -1.99. The number of morpholine rings is 1. The summed E-state index contributed by atoms with van der Waals surface area (Å²) in [4.78, 5) is 15.8. The van der Waals surface area contributed by atoms with Crippen molar-refractivity contribution in [2.75, 3.05) is 49.6 Å². The van der Waals surface area contributed by atoms with E-state index in [4.69, 9.17) is 9.72 Å². The summed E-state index contributed by atoms with van der Waals surface area (Å²) in [7, 11) is 0. The van der Waals surface area contributed by atoms with Gasteiger partial charge < -0.3 is 20.3 Å². The summed E-state index contributed by atoms with van der Waals surface area (Å²) < 4.78 is 5.41. The van der Waals surface area contributed by atoms with Crippen molar-refractivity contribution in [3.63, 3.8) is 0 Å². The molecular formula is C15H20N6O. The number of pyridine rings is 1. The molecule has 0 aliphatic carbocycles. The zero-order valence-corrected chi connectivity index (χ0v) is 12.5. The van der Waals surface area contributed by atoms with Gasteiger partial charge in [-0.05, 0) is 19.0 Å². The van der Waals surface area contributed by atoms with E-state index in [1.165, 1.54) is 0 Å². The summed E-state index contributed by atoms with van der Waals surface area (Å²) in [5, 5.41) is 7.96. The van der Waals surface area contributed by atoms with Gasteiger partial charge in [0.05, 0.1) is 24.9 Å². The topological polar surface area (TPSA) is 75.2 Å². The monoisotopic (exact) mass is 300 g/mol. The zero-order chi connectivity index (χ0) is 14.8. The molecule has 2 saturated heterocycles. The predicted molar refractivity (Wildman–Crippen MR) is 85.3 cm³/mol. The smallest absolute Gasteiger partial charge is 0.228 e. The van der Waals surface area contributed by atoms with E-state index in [9.17, 15) is 0 Å². The molecule has 2 fully saturated rings. The maximum absolute atomic E-state index is 5.41. The minimum Gasteiger partial charge on any atom is -0.378 e. The van der Waals surface area contributed by atoms with Crippen LogP contribution in [0, 0.1) is 0 Å². The first-order valence-electron chi connectivity index (χ1n) is 7.82. The van der Waals surface area contributed by atoms with E-state index >= 15 is 0 Å². The van der Waals surface area contributed by atoms with Crippen molar-refractivity contribution in [2.45, 2.75) is 12.5 Å². The molecule has 7 heteroatoms. The van der Waals surface area contributed by atoms with Crippen LogP contribution in [-0.4, -0.2) is 60.4 Å². The minimum absolute atomic E-state index is 0.420. The van der Waals surface area contributed by atoms with Gasteiger partial charge in [-0.25, -0.2) is 4.98 Å². The number of ether oxygens (including phenoxy) is 1. The molecule has 0 radical (unpaired) electrons. The molecule has 0 spiro atoms. The second kappa shape index (κ2) is 6.02. The van der Waals surface area contributed by atoms with Gasteiger partial charge in [-0.1, -0.05) is 0 Å². The first-order chi connectivity index (χ1) is 10.9. The highest BCUT2D eigenvalue weighted by molar-refractivity contribution is 5.89. The third kappa shape index (κ3) is 2.69. The zero-order valence-electron chi connectivity index (χ0n) is 12.5. The summed E-state index contributed by atoms with van der Waals surface area (Å²) in [5.41, 5.74) is 0.882. The summed E-state index contributed by atoms with van der Waals surface area (Å²) in [6.07, 6.45) is 4.71. The fraction of sp³-hybridized carbons (Fsp3) is 0.533. The fourth-order valence-corrected chi connectivity index (χ4v) is 2.95. The van der Waals surface area contributed by atoms with E-state index in [1.807, 2.05) is 6.07 Å². The molecule has 22 heavy (non-hydrogen) atoms. The molecule has 4 heterocycles. The highest BCUT2D eigenvalue weighted by atomic mass is 16.5. The van der Waals surface area contributed by atoms with E-state index in [1.54, 1.807) is 12.4 Å². The second-order valence-electron chi connectivity index (χ2n) is 5.70. The lowest BCUT2D eigenvalue weighted by Gasteiger charge is -2.27. The molecule has 1 atom stereocenters. The van der Waals surface area contributed by atoms with E-state index in [0.717, 1.165) is 68.5 Å². The van der Waals surface area contributed by atoms with Gasteiger partial charge in [-0.2, -0.15) is 4.98 Å². The molecule has 2 aliphatic rings. The third-order valence-corrected chi connectivity index (χ3v) is 4.18. The lowest BCUT2D eigenvalue weighted by molar-refractivity contribution is 0.122. The highest BCUT2D eigenvalue weighted by Gasteiger charge is 2.19. The van der Waals surface area contributed by atoms with Crippen molar-refractivity contribution in [1.82, 2.24) is 20.3 Å². The van der Waals surface area contributed by atoms with Gasteiger partial charge in [0.1, 0.15) is 5.82 Å². The van der Waals surface area contributed by atoms with E-state index < -0.39 is 0 Å². The minimum atomic E-state index is 0.420.